The van der Waals surface area contributed by atoms with E-state index >= 15 is 0 Å². The number of fused-ring (bicyclic) bond motifs is 1. The first-order chi connectivity index (χ1) is 11.5. The molecule has 1 aromatic heterocycles. The van der Waals surface area contributed by atoms with Crippen molar-refractivity contribution in [1.82, 2.24) is 14.4 Å². The zero-order valence-corrected chi connectivity index (χ0v) is 14.7. The van der Waals surface area contributed by atoms with E-state index in [9.17, 15) is 9.59 Å². The van der Waals surface area contributed by atoms with Crippen LogP contribution in [0.2, 0.25) is 0 Å². The number of benzene rings is 1. The van der Waals surface area contributed by atoms with Crippen molar-refractivity contribution in [2.24, 2.45) is 13.0 Å². The summed E-state index contributed by atoms with van der Waals surface area (Å²) >= 11 is 0. The van der Waals surface area contributed by atoms with Crippen molar-refractivity contribution < 1.29 is 9.59 Å². The minimum absolute atomic E-state index is 0.0166. The number of piperazine rings is 1. The maximum absolute atomic E-state index is 12.6. The Kier molecular flexibility index (Phi) is 4.60. The monoisotopic (exact) mass is 327 g/mol. The van der Waals surface area contributed by atoms with Crippen molar-refractivity contribution in [2.75, 3.05) is 26.2 Å². The third-order valence-corrected chi connectivity index (χ3v) is 4.76. The number of aromatic nitrogens is 1. The molecule has 2 aromatic rings. The number of amides is 2. The van der Waals surface area contributed by atoms with Crippen LogP contribution in [0.4, 0.5) is 0 Å². The predicted molar refractivity (Wildman–Crippen MR) is 94.6 cm³/mol. The van der Waals surface area contributed by atoms with Gasteiger partial charge >= 0.3 is 0 Å². The highest BCUT2D eigenvalue weighted by Gasteiger charge is 2.25. The molecule has 3 rings (SSSR count). The standard InChI is InChI=1S/C19H25N3O2/c1-14(2)19(24)22-10-8-21(9-11-22)18(23)12-15-13-20(3)17-7-5-4-6-16(15)17/h4-7,13-14H,8-12H2,1-3H3. The van der Waals surface area contributed by atoms with Gasteiger partial charge in [-0.3, -0.25) is 9.59 Å². The summed E-state index contributed by atoms with van der Waals surface area (Å²) in [5, 5.41) is 1.14. The quantitative estimate of drug-likeness (QED) is 0.866. The second-order valence-electron chi connectivity index (χ2n) is 6.82. The second kappa shape index (κ2) is 6.67. The van der Waals surface area contributed by atoms with Crippen molar-refractivity contribution in [2.45, 2.75) is 20.3 Å². The molecule has 0 N–H and O–H groups in total. The van der Waals surface area contributed by atoms with Gasteiger partial charge in [0.05, 0.1) is 6.42 Å². The minimum Gasteiger partial charge on any atom is -0.350 e. The van der Waals surface area contributed by atoms with Crippen molar-refractivity contribution in [3.8, 4) is 0 Å². The van der Waals surface area contributed by atoms with Crippen LogP contribution in [0.5, 0.6) is 0 Å². The molecule has 1 aliphatic rings. The molecule has 1 aliphatic heterocycles. The first kappa shape index (κ1) is 16.6. The van der Waals surface area contributed by atoms with E-state index in [0.29, 0.717) is 32.6 Å². The second-order valence-corrected chi connectivity index (χ2v) is 6.82. The van der Waals surface area contributed by atoms with Gasteiger partial charge in [0, 0.05) is 56.2 Å². The van der Waals surface area contributed by atoms with E-state index in [2.05, 4.69) is 16.7 Å². The van der Waals surface area contributed by atoms with Crippen LogP contribution in [-0.2, 0) is 23.1 Å². The molecule has 0 radical (unpaired) electrons. The van der Waals surface area contributed by atoms with E-state index in [0.717, 1.165) is 16.5 Å². The average Bonchev–Trinajstić information content (AvgIpc) is 2.90. The molecular formula is C19H25N3O2. The number of aryl methyl sites for hydroxylation is 1. The fraction of sp³-hybridized carbons (Fsp3) is 0.474. The molecule has 0 unspecified atom stereocenters. The van der Waals surface area contributed by atoms with Crippen molar-refractivity contribution in [1.29, 1.82) is 0 Å². The number of rotatable bonds is 3. The number of nitrogens with zero attached hydrogens (tertiary/aromatic N) is 3. The lowest BCUT2D eigenvalue weighted by atomic mass is 10.1. The zero-order chi connectivity index (χ0) is 17.3. The maximum Gasteiger partial charge on any atom is 0.227 e. The van der Waals surface area contributed by atoms with E-state index in [1.165, 1.54) is 0 Å². The molecule has 1 saturated heterocycles. The van der Waals surface area contributed by atoms with Gasteiger partial charge in [-0.2, -0.15) is 0 Å². The Hall–Kier alpha value is -2.30. The van der Waals surface area contributed by atoms with E-state index in [1.807, 2.05) is 49.0 Å². The van der Waals surface area contributed by atoms with Gasteiger partial charge in [-0.25, -0.2) is 0 Å². The summed E-state index contributed by atoms with van der Waals surface area (Å²) in [6, 6.07) is 8.16. The molecule has 2 heterocycles. The van der Waals surface area contributed by atoms with Crippen LogP contribution in [0, 0.1) is 5.92 Å². The molecular weight excluding hydrogens is 302 g/mol. The van der Waals surface area contributed by atoms with Crippen LogP contribution in [0.25, 0.3) is 10.9 Å². The van der Waals surface area contributed by atoms with Crippen LogP contribution in [0.15, 0.2) is 30.5 Å². The summed E-state index contributed by atoms with van der Waals surface area (Å²) in [6.07, 6.45) is 2.46. The fourth-order valence-corrected chi connectivity index (χ4v) is 3.38. The summed E-state index contributed by atoms with van der Waals surface area (Å²) in [4.78, 5) is 28.4. The molecule has 1 aromatic carbocycles. The summed E-state index contributed by atoms with van der Waals surface area (Å²) in [7, 11) is 2.01. The lowest BCUT2D eigenvalue weighted by Gasteiger charge is -2.35. The molecule has 5 heteroatoms. The van der Waals surface area contributed by atoms with Crippen LogP contribution in [0.1, 0.15) is 19.4 Å². The molecule has 2 amide bonds. The van der Waals surface area contributed by atoms with Crippen LogP contribution in [0.3, 0.4) is 0 Å². The highest BCUT2D eigenvalue weighted by atomic mass is 16.2. The molecule has 5 nitrogen and oxygen atoms in total. The molecule has 0 spiro atoms. The molecule has 0 saturated carbocycles. The summed E-state index contributed by atoms with van der Waals surface area (Å²) in [5.74, 6) is 0.335. The van der Waals surface area contributed by atoms with Gasteiger partial charge in [0.1, 0.15) is 0 Å². The Morgan fingerprint density at radius 2 is 1.67 bits per heavy atom. The Morgan fingerprint density at radius 1 is 1.04 bits per heavy atom. The fourth-order valence-electron chi connectivity index (χ4n) is 3.38. The molecule has 0 aliphatic carbocycles. The first-order valence-corrected chi connectivity index (χ1v) is 8.57. The van der Waals surface area contributed by atoms with Crippen LogP contribution < -0.4 is 0 Å². The SMILES string of the molecule is CC(C)C(=O)N1CCN(C(=O)Cc2cn(C)c3ccccc23)CC1. The highest BCUT2D eigenvalue weighted by Crippen LogP contribution is 2.21. The van der Waals surface area contributed by atoms with Crippen molar-refractivity contribution >= 4 is 22.7 Å². The number of carbonyl (C=O) groups excluding carboxylic acids is 2. The van der Waals surface area contributed by atoms with Crippen LogP contribution in [-0.4, -0.2) is 52.4 Å². The average molecular weight is 327 g/mol. The maximum atomic E-state index is 12.6. The molecule has 24 heavy (non-hydrogen) atoms. The molecule has 0 bridgehead atoms. The lowest BCUT2D eigenvalue weighted by molar-refractivity contribution is -0.141. The minimum atomic E-state index is 0.0166. The van der Waals surface area contributed by atoms with Gasteiger partial charge in [-0.15, -0.1) is 0 Å². The van der Waals surface area contributed by atoms with Gasteiger partial charge in [-0.1, -0.05) is 32.0 Å². The topological polar surface area (TPSA) is 45.6 Å². The third kappa shape index (κ3) is 3.16. The predicted octanol–water partition coefficient (Wildman–Crippen LogP) is 2.05. The van der Waals surface area contributed by atoms with E-state index in [-0.39, 0.29) is 17.7 Å². The van der Waals surface area contributed by atoms with E-state index in [1.54, 1.807) is 0 Å². The summed E-state index contributed by atoms with van der Waals surface area (Å²) in [6.45, 7) is 6.36. The van der Waals surface area contributed by atoms with E-state index in [4.69, 9.17) is 0 Å². The number of para-hydroxylation sites is 1. The van der Waals surface area contributed by atoms with Gasteiger partial charge < -0.3 is 14.4 Å². The Morgan fingerprint density at radius 3 is 2.33 bits per heavy atom. The number of hydrogen-bond donors (Lipinski definition) is 0. The summed E-state index contributed by atoms with van der Waals surface area (Å²) in [5.41, 5.74) is 2.21. The van der Waals surface area contributed by atoms with Crippen molar-refractivity contribution in [3.63, 3.8) is 0 Å². The molecule has 128 valence electrons. The molecule has 0 atom stereocenters. The molecule has 1 fully saturated rings. The Bertz CT molecular complexity index is 755. The number of hydrogen-bond acceptors (Lipinski definition) is 2. The van der Waals surface area contributed by atoms with Gasteiger partial charge in [0.2, 0.25) is 11.8 Å². The van der Waals surface area contributed by atoms with Gasteiger partial charge in [0.15, 0.2) is 0 Å². The van der Waals surface area contributed by atoms with E-state index < -0.39 is 0 Å². The third-order valence-electron chi connectivity index (χ3n) is 4.76. The normalized spacial score (nSPS) is 15.3. The van der Waals surface area contributed by atoms with Gasteiger partial charge in [0.25, 0.3) is 0 Å². The lowest BCUT2D eigenvalue weighted by Crippen LogP contribution is -2.51. The largest absolute Gasteiger partial charge is 0.350 e. The smallest absolute Gasteiger partial charge is 0.227 e. The highest BCUT2D eigenvalue weighted by molar-refractivity contribution is 5.89. The first-order valence-electron chi connectivity index (χ1n) is 8.57. The Labute approximate surface area is 142 Å². The Balaban J connectivity index is 1.65. The van der Waals surface area contributed by atoms with Crippen LogP contribution >= 0.6 is 0 Å². The summed E-state index contributed by atoms with van der Waals surface area (Å²) < 4.78 is 2.07. The number of carbonyl (C=O) groups is 2. The van der Waals surface area contributed by atoms with Crippen molar-refractivity contribution in [3.05, 3.63) is 36.0 Å². The van der Waals surface area contributed by atoms with Gasteiger partial charge in [-0.05, 0) is 11.6 Å². The zero-order valence-electron chi connectivity index (χ0n) is 14.7.